The molecule has 0 bridgehead atoms. The Morgan fingerprint density at radius 2 is 0.736 bits per heavy atom. The van der Waals surface area contributed by atoms with E-state index in [-0.39, 0.29) is 10.8 Å². The van der Waals surface area contributed by atoms with Crippen molar-refractivity contribution in [3.05, 3.63) is 348 Å². The van der Waals surface area contributed by atoms with Crippen LogP contribution in [0, 0.1) is 0 Å². The van der Waals surface area contributed by atoms with E-state index in [1.165, 1.54) is 137 Å². The summed E-state index contributed by atoms with van der Waals surface area (Å²) >= 11 is 0. The van der Waals surface area contributed by atoms with E-state index in [0.717, 1.165) is 22.5 Å². The van der Waals surface area contributed by atoms with Crippen LogP contribution in [-0.4, -0.2) is 6.54 Å². The molecule has 0 N–H and O–H groups in total. The normalized spacial score (nSPS) is 14.0. The van der Waals surface area contributed by atoms with Gasteiger partial charge >= 0.3 is 0 Å². The highest BCUT2D eigenvalue weighted by Gasteiger charge is 2.37. The molecule has 0 heterocycles. The van der Waals surface area contributed by atoms with E-state index in [2.05, 4.69) is 360 Å². The van der Waals surface area contributed by atoms with Crippen molar-refractivity contribution in [2.45, 2.75) is 38.5 Å². The summed E-state index contributed by atoms with van der Waals surface area (Å²) < 4.78 is 0. The Bertz CT molecular complexity index is 5400. The van der Waals surface area contributed by atoms with Gasteiger partial charge in [-0.25, -0.2) is 0 Å². The number of hydrogen-bond acceptors (Lipinski definition) is 2. The number of allylic oxidation sites excluding steroid dienone is 4. The van der Waals surface area contributed by atoms with Crippen LogP contribution in [0.25, 0.3) is 106 Å². The Morgan fingerprint density at radius 3 is 1.32 bits per heavy atom. The van der Waals surface area contributed by atoms with Crippen molar-refractivity contribution in [2.24, 2.45) is 0 Å². The maximum absolute atomic E-state index is 4.39. The van der Waals surface area contributed by atoms with Gasteiger partial charge in [-0.2, -0.15) is 0 Å². The molecule has 14 aromatic carbocycles. The van der Waals surface area contributed by atoms with Gasteiger partial charge in [0.1, 0.15) is 0 Å². The lowest BCUT2D eigenvalue weighted by atomic mass is 9.80. The number of fused-ring (bicyclic) bond motifs is 12. The first kappa shape index (κ1) is 55.3. The van der Waals surface area contributed by atoms with E-state index in [1.54, 1.807) is 0 Å². The first-order valence-electron chi connectivity index (χ1n) is 31.9. The van der Waals surface area contributed by atoms with Crippen LogP contribution in [0.4, 0.5) is 28.4 Å². The van der Waals surface area contributed by atoms with Gasteiger partial charge in [-0.1, -0.05) is 313 Å². The number of hydrogen-bond donors (Lipinski definition) is 0. The predicted octanol–water partition coefficient (Wildman–Crippen LogP) is 24.3. The molecule has 0 amide bonds. The topological polar surface area (TPSA) is 6.48 Å². The van der Waals surface area contributed by atoms with E-state index < -0.39 is 0 Å². The average molecular weight is 1170 g/mol. The van der Waals surface area contributed by atoms with E-state index in [1.807, 2.05) is 0 Å². The summed E-state index contributed by atoms with van der Waals surface area (Å²) in [4.78, 5) is 5.00. The number of benzene rings is 14. The van der Waals surface area contributed by atoms with Gasteiger partial charge in [0.2, 0.25) is 0 Å². The molecule has 14 aromatic rings. The molecule has 0 aromatic heterocycles. The van der Waals surface area contributed by atoms with Crippen LogP contribution in [0.3, 0.4) is 0 Å². The van der Waals surface area contributed by atoms with Gasteiger partial charge in [-0.05, 0) is 146 Å². The second-order valence-electron chi connectivity index (χ2n) is 25.6. The van der Waals surface area contributed by atoms with Crippen LogP contribution in [0.2, 0.25) is 0 Å². The highest BCUT2D eigenvalue weighted by atomic mass is 15.1. The van der Waals surface area contributed by atoms with Crippen LogP contribution < -0.4 is 9.80 Å². The number of nitrogens with zero attached hydrogens (tertiary/aromatic N) is 2. The zero-order chi connectivity index (χ0) is 61.4. The van der Waals surface area contributed by atoms with Gasteiger partial charge in [0, 0.05) is 56.0 Å². The van der Waals surface area contributed by atoms with Gasteiger partial charge in [0.25, 0.3) is 0 Å². The van der Waals surface area contributed by atoms with E-state index in [9.17, 15) is 0 Å². The van der Waals surface area contributed by atoms with Gasteiger partial charge in [0.05, 0.1) is 11.4 Å². The Balaban J connectivity index is 0.647. The number of anilines is 5. The quantitative estimate of drug-likeness (QED) is 0.0839. The smallest absolute Gasteiger partial charge is 0.0546 e. The van der Waals surface area contributed by atoms with Crippen molar-refractivity contribution in [3.8, 4) is 11.1 Å². The predicted molar refractivity (Wildman–Crippen MR) is 394 cm³/mol. The molecule has 16 rings (SSSR count). The fourth-order valence-electron chi connectivity index (χ4n) is 15.0. The first-order valence-corrected chi connectivity index (χ1v) is 31.9. The average Bonchev–Trinajstić information content (AvgIpc) is 1.75. The molecular formula is C89H68N2. The first-order chi connectivity index (χ1) is 44.6. The molecule has 0 radical (unpaired) electrons. The van der Waals surface area contributed by atoms with Crippen molar-refractivity contribution in [1.82, 2.24) is 0 Å². The molecule has 91 heavy (non-hydrogen) atoms. The fourth-order valence-corrected chi connectivity index (χ4v) is 15.0. The lowest BCUT2D eigenvalue weighted by Crippen LogP contribution is -2.18. The Kier molecular flexibility index (Phi) is 13.5. The van der Waals surface area contributed by atoms with Gasteiger partial charge in [0.15, 0.2) is 0 Å². The van der Waals surface area contributed by atoms with Crippen LogP contribution in [0.1, 0.15) is 72.2 Å². The third kappa shape index (κ3) is 9.49. The molecule has 2 heteroatoms. The third-order valence-corrected chi connectivity index (χ3v) is 19.7. The molecule has 0 saturated carbocycles. The second kappa shape index (κ2) is 22.2. The monoisotopic (exact) mass is 1160 g/mol. The SMILES string of the molecule is C=CC1=C(/C=C\CN(c2cccc3ccccc23)c2cc3ccccc3c3ccccc23)c2ccc(/C=C/c3ccc(/C=C/c4ccc5c(c4)C(C)(C)c4cc(N(c6cccc7ccccc67)c6cc7ccccc7c7ccccc67)ccc4-5)cc3)cc2C1(C)C. The summed E-state index contributed by atoms with van der Waals surface area (Å²) in [6.07, 6.45) is 15.7. The summed E-state index contributed by atoms with van der Waals surface area (Å²) in [5.41, 5.74) is 20.4. The summed E-state index contributed by atoms with van der Waals surface area (Å²) in [5.74, 6) is 0. The van der Waals surface area contributed by atoms with E-state index >= 15 is 0 Å². The third-order valence-electron chi connectivity index (χ3n) is 19.7. The van der Waals surface area contributed by atoms with Crippen molar-refractivity contribution in [2.75, 3.05) is 16.3 Å². The lowest BCUT2D eigenvalue weighted by Gasteiger charge is -2.30. The van der Waals surface area contributed by atoms with Crippen LogP contribution in [0.5, 0.6) is 0 Å². The van der Waals surface area contributed by atoms with Gasteiger partial charge < -0.3 is 9.80 Å². The molecule has 2 aliphatic carbocycles. The summed E-state index contributed by atoms with van der Waals surface area (Å²) in [5, 5.41) is 14.9. The van der Waals surface area contributed by atoms with Crippen LogP contribution >= 0.6 is 0 Å². The number of rotatable bonds is 13. The molecule has 0 fully saturated rings. The molecule has 0 saturated heterocycles. The Hall–Kier alpha value is -11.1. The van der Waals surface area contributed by atoms with Crippen LogP contribution in [-0.2, 0) is 10.8 Å². The second-order valence-corrected chi connectivity index (χ2v) is 25.6. The largest absolute Gasteiger partial charge is 0.337 e. The summed E-state index contributed by atoms with van der Waals surface area (Å²) in [6, 6.07) is 101. The highest BCUT2D eigenvalue weighted by Crippen LogP contribution is 2.53. The summed E-state index contributed by atoms with van der Waals surface area (Å²) in [7, 11) is 0. The Labute approximate surface area is 533 Å². The van der Waals surface area contributed by atoms with Crippen molar-refractivity contribution >= 4 is 123 Å². The van der Waals surface area contributed by atoms with Crippen LogP contribution in [0.15, 0.2) is 303 Å². The minimum absolute atomic E-state index is 0.226. The van der Waals surface area contributed by atoms with Gasteiger partial charge in [-0.15, -0.1) is 0 Å². The molecule has 0 atom stereocenters. The molecular weight excluding hydrogens is 1100 g/mol. The molecule has 434 valence electrons. The molecule has 0 spiro atoms. The minimum atomic E-state index is -0.232. The highest BCUT2D eigenvalue weighted by molar-refractivity contribution is 6.17. The zero-order valence-electron chi connectivity index (χ0n) is 51.8. The van der Waals surface area contributed by atoms with Crippen molar-refractivity contribution in [3.63, 3.8) is 0 Å². The lowest BCUT2D eigenvalue weighted by molar-refractivity contribution is 0.654. The van der Waals surface area contributed by atoms with Crippen molar-refractivity contribution < 1.29 is 0 Å². The standard InChI is InChI=1S/C89H68N2/c1-6-80-74(36-21-53-90(84-37-19-26-63-22-7-13-30-70(63)84)86-56-65-24-9-11-28-68(65)72-32-15-17-34-78(72)86)75-50-47-61(54-81(75)88(80,2)3)45-43-59-39-41-60(42-40-59)44-46-62-48-51-76-77-52-49-67(58-83(77)89(4,5)82(76)55-62)91(85-38-20-27-64-23-8-14-31-71(64)85)87-57-66-25-10-12-29-69(66)73-33-16-18-35-79(73)87/h6-52,54-58H,1,53H2,2-5H3/b36-21-,45-43+,46-44+. The molecule has 2 nitrogen and oxygen atoms in total. The minimum Gasteiger partial charge on any atom is -0.337 e. The molecule has 0 aliphatic heterocycles. The zero-order valence-corrected chi connectivity index (χ0v) is 51.8. The van der Waals surface area contributed by atoms with Gasteiger partial charge in [-0.3, -0.25) is 0 Å². The van der Waals surface area contributed by atoms with E-state index in [0.29, 0.717) is 6.54 Å². The fraction of sp³-hybridized carbons (Fsp3) is 0.0787. The Morgan fingerprint density at radius 1 is 0.319 bits per heavy atom. The maximum atomic E-state index is 4.39. The van der Waals surface area contributed by atoms with E-state index in [4.69, 9.17) is 0 Å². The molecule has 0 unspecified atom stereocenters. The summed E-state index contributed by atoms with van der Waals surface area (Å²) in [6.45, 7) is 14.5. The maximum Gasteiger partial charge on any atom is 0.0546 e. The van der Waals surface area contributed by atoms with Crippen molar-refractivity contribution in [1.29, 1.82) is 0 Å². The molecule has 2 aliphatic rings.